The molecule has 0 radical (unpaired) electrons. The Morgan fingerprint density at radius 2 is 1.95 bits per heavy atom. The minimum absolute atomic E-state index is 0.788. The number of nitrogens with zero attached hydrogens (tertiary/aromatic N) is 3. The molecule has 0 saturated carbocycles. The predicted molar refractivity (Wildman–Crippen MR) is 83.6 cm³/mol. The summed E-state index contributed by atoms with van der Waals surface area (Å²) in [4.78, 5) is 7.21. The highest BCUT2D eigenvalue weighted by Gasteiger charge is 2.19. The molecule has 0 spiro atoms. The summed E-state index contributed by atoms with van der Waals surface area (Å²) in [5, 5.41) is 0. The van der Waals surface area contributed by atoms with E-state index in [9.17, 15) is 0 Å². The molecule has 2 N–H and O–H groups in total. The SMILES string of the molecule is Cc1c(N)c(Br)cc2c1nc(N1CCCCC1)n2C. The van der Waals surface area contributed by atoms with E-state index in [1.54, 1.807) is 0 Å². The van der Waals surface area contributed by atoms with Gasteiger partial charge in [-0.25, -0.2) is 4.98 Å². The highest BCUT2D eigenvalue weighted by Crippen LogP contribution is 2.33. The number of imidazole rings is 1. The average molecular weight is 323 g/mol. The van der Waals surface area contributed by atoms with Crippen LogP contribution < -0.4 is 10.6 Å². The van der Waals surface area contributed by atoms with Crippen LogP contribution in [0.1, 0.15) is 24.8 Å². The zero-order chi connectivity index (χ0) is 13.6. The Morgan fingerprint density at radius 3 is 2.63 bits per heavy atom. The van der Waals surface area contributed by atoms with Crippen LogP contribution in [0.2, 0.25) is 0 Å². The standard InChI is InChI=1S/C14H19BrN4/c1-9-12(16)10(15)8-11-13(9)17-14(18(11)2)19-6-4-3-5-7-19/h8H,3-7,16H2,1-2H3. The molecule has 1 aliphatic heterocycles. The van der Waals surface area contributed by atoms with Crippen LogP contribution in [0.5, 0.6) is 0 Å². The summed E-state index contributed by atoms with van der Waals surface area (Å²) in [7, 11) is 2.08. The van der Waals surface area contributed by atoms with E-state index in [1.165, 1.54) is 19.3 Å². The quantitative estimate of drug-likeness (QED) is 0.820. The molecule has 0 aliphatic carbocycles. The van der Waals surface area contributed by atoms with E-state index >= 15 is 0 Å². The Kier molecular flexibility index (Phi) is 3.17. The zero-order valence-corrected chi connectivity index (χ0v) is 13.0. The second-order valence-corrected chi connectivity index (χ2v) is 6.14. The molecule has 0 unspecified atom stereocenters. The highest BCUT2D eigenvalue weighted by atomic mass is 79.9. The van der Waals surface area contributed by atoms with Gasteiger partial charge in [-0.15, -0.1) is 0 Å². The van der Waals surface area contributed by atoms with Crippen molar-refractivity contribution in [2.24, 2.45) is 7.05 Å². The van der Waals surface area contributed by atoms with E-state index in [0.717, 1.165) is 45.8 Å². The number of aromatic nitrogens is 2. The Labute approximate surface area is 121 Å². The van der Waals surface area contributed by atoms with Crippen LogP contribution in [-0.4, -0.2) is 22.6 Å². The van der Waals surface area contributed by atoms with E-state index < -0.39 is 0 Å². The molecule has 1 aromatic heterocycles. The summed E-state index contributed by atoms with van der Waals surface area (Å²) in [6, 6.07) is 2.07. The molecule has 1 saturated heterocycles. The van der Waals surface area contributed by atoms with E-state index in [1.807, 2.05) is 6.92 Å². The molecule has 0 bridgehead atoms. The van der Waals surface area contributed by atoms with Crippen molar-refractivity contribution in [3.63, 3.8) is 0 Å². The van der Waals surface area contributed by atoms with E-state index in [0.29, 0.717) is 0 Å². The van der Waals surface area contributed by atoms with Gasteiger partial charge in [0.15, 0.2) is 0 Å². The van der Waals surface area contributed by atoms with Crippen molar-refractivity contribution in [1.29, 1.82) is 0 Å². The molecule has 0 amide bonds. The molecule has 102 valence electrons. The number of nitrogens with two attached hydrogens (primary N) is 1. The number of halogens is 1. The Morgan fingerprint density at radius 1 is 1.26 bits per heavy atom. The van der Waals surface area contributed by atoms with Gasteiger partial charge in [-0.2, -0.15) is 0 Å². The summed E-state index contributed by atoms with van der Waals surface area (Å²) in [5.41, 5.74) is 10.1. The lowest BCUT2D eigenvalue weighted by Crippen LogP contribution is -2.31. The number of fused-ring (bicyclic) bond motifs is 1. The molecule has 1 aromatic carbocycles. The number of aryl methyl sites for hydroxylation is 2. The van der Waals surface area contributed by atoms with Gasteiger partial charge in [0, 0.05) is 30.2 Å². The summed E-state index contributed by atoms with van der Waals surface area (Å²) in [6.07, 6.45) is 3.85. The molecule has 2 heterocycles. The smallest absolute Gasteiger partial charge is 0.206 e. The first-order chi connectivity index (χ1) is 9.09. The highest BCUT2D eigenvalue weighted by molar-refractivity contribution is 9.10. The third-order valence-electron chi connectivity index (χ3n) is 4.03. The van der Waals surface area contributed by atoms with Crippen molar-refractivity contribution < 1.29 is 0 Å². The van der Waals surface area contributed by atoms with Gasteiger partial charge < -0.3 is 15.2 Å². The van der Waals surface area contributed by atoms with Crippen LogP contribution in [0.4, 0.5) is 11.6 Å². The number of piperidine rings is 1. The third kappa shape index (κ3) is 2.00. The van der Waals surface area contributed by atoms with Gasteiger partial charge in [-0.05, 0) is 48.2 Å². The molecule has 1 fully saturated rings. The molecule has 19 heavy (non-hydrogen) atoms. The van der Waals surface area contributed by atoms with Crippen LogP contribution in [0.25, 0.3) is 11.0 Å². The summed E-state index contributed by atoms with van der Waals surface area (Å²) < 4.78 is 3.13. The second kappa shape index (κ2) is 4.71. The van der Waals surface area contributed by atoms with Gasteiger partial charge in [-0.1, -0.05) is 0 Å². The van der Waals surface area contributed by atoms with Gasteiger partial charge in [0.05, 0.1) is 16.7 Å². The van der Waals surface area contributed by atoms with Crippen molar-refractivity contribution in [3.8, 4) is 0 Å². The molecule has 2 aromatic rings. The monoisotopic (exact) mass is 322 g/mol. The maximum Gasteiger partial charge on any atom is 0.206 e. The lowest BCUT2D eigenvalue weighted by Gasteiger charge is -2.27. The minimum atomic E-state index is 0.788. The lowest BCUT2D eigenvalue weighted by molar-refractivity contribution is 0.563. The van der Waals surface area contributed by atoms with Gasteiger partial charge in [-0.3, -0.25) is 0 Å². The number of anilines is 2. The normalized spacial score (nSPS) is 16.3. The molecular weight excluding hydrogens is 304 g/mol. The van der Waals surface area contributed by atoms with Gasteiger partial charge in [0.25, 0.3) is 0 Å². The first-order valence-electron chi connectivity index (χ1n) is 6.75. The number of hydrogen-bond donors (Lipinski definition) is 1. The molecule has 4 nitrogen and oxygen atoms in total. The predicted octanol–water partition coefficient (Wildman–Crippen LogP) is 3.22. The molecule has 1 aliphatic rings. The maximum atomic E-state index is 6.08. The topological polar surface area (TPSA) is 47.1 Å². The van der Waals surface area contributed by atoms with Crippen molar-refractivity contribution in [3.05, 3.63) is 16.1 Å². The fourth-order valence-electron chi connectivity index (χ4n) is 2.82. The molecule has 0 atom stereocenters. The number of nitrogen functional groups attached to an aromatic ring is 1. The van der Waals surface area contributed by atoms with Crippen molar-refractivity contribution in [2.75, 3.05) is 23.7 Å². The van der Waals surface area contributed by atoms with Crippen LogP contribution in [0.3, 0.4) is 0 Å². The van der Waals surface area contributed by atoms with E-state index in [2.05, 4.69) is 38.5 Å². The zero-order valence-electron chi connectivity index (χ0n) is 11.4. The lowest BCUT2D eigenvalue weighted by atomic mass is 10.1. The number of rotatable bonds is 1. The number of hydrogen-bond acceptors (Lipinski definition) is 3. The van der Waals surface area contributed by atoms with Crippen molar-refractivity contribution >= 4 is 38.6 Å². The summed E-state index contributed by atoms with van der Waals surface area (Å²) >= 11 is 3.53. The van der Waals surface area contributed by atoms with E-state index in [-0.39, 0.29) is 0 Å². The van der Waals surface area contributed by atoms with E-state index in [4.69, 9.17) is 10.7 Å². The van der Waals surface area contributed by atoms with Gasteiger partial charge in [0.2, 0.25) is 5.95 Å². The molecular formula is C14H19BrN4. The third-order valence-corrected chi connectivity index (χ3v) is 4.69. The minimum Gasteiger partial charge on any atom is -0.398 e. The fraction of sp³-hybridized carbons (Fsp3) is 0.500. The van der Waals surface area contributed by atoms with Crippen molar-refractivity contribution in [1.82, 2.24) is 9.55 Å². The van der Waals surface area contributed by atoms with Crippen LogP contribution >= 0.6 is 15.9 Å². The molecule has 5 heteroatoms. The average Bonchev–Trinajstić information content (AvgIpc) is 2.75. The first kappa shape index (κ1) is 12.8. The van der Waals surface area contributed by atoms with Gasteiger partial charge >= 0.3 is 0 Å². The van der Waals surface area contributed by atoms with Crippen LogP contribution in [0.15, 0.2) is 10.5 Å². The summed E-state index contributed by atoms with van der Waals surface area (Å²) in [5.74, 6) is 1.07. The largest absolute Gasteiger partial charge is 0.398 e. The Balaban J connectivity index is 2.17. The van der Waals surface area contributed by atoms with Crippen LogP contribution in [-0.2, 0) is 7.05 Å². The summed E-state index contributed by atoms with van der Waals surface area (Å²) in [6.45, 7) is 4.25. The fourth-order valence-corrected chi connectivity index (χ4v) is 3.34. The Bertz CT molecular complexity index is 626. The number of benzene rings is 1. The van der Waals surface area contributed by atoms with Gasteiger partial charge in [0.1, 0.15) is 0 Å². The van der Waals surface area contributed by atoms with Crippen molar-refractivity contribution in [2.45, 2.75) is 26.2 Å². The maximum absolute atomic E-state index is 6.08. The Hall–Kier alpha value is -1.23. The van der Waals surface area contributed by atoms with Crippen LogP contribution in [0, 0.1) is 6.92 Å². The molecule has 3 rings (SSSR count). The second-order valence-electron chi connectivity index (χ2n) is 5.28. The first-order valence-corrected chi connectivity index (χ1v) is 7.55.